The van der Waals surface area contributed by atoms with E-state index >= 15 is 0 Å². The predicted molar refractivity (Wildman–Crippen MR) is 86.4 cm³/mol. The molecule has 3 nitrogen and oxygen atoms in total. The van der Waals surface area contributed by atoms with Gasteiger partial charge in [0, 0.05) is 16.4 Å². The highest BCUT2D eigenvalue weighted by atomic mass is 16.8. The molecule has 3 rings (SSSR count). The lowest BCUT2D eigenvalue weighted by Gasteiger charge is -2.48. The van der Waals surface area contributed by atoms with Gasteiger partial charge in [-0.3, -0.25) is 4.79 Å². The molecule has 2 atom stereocenters. The number of aryl methyl sites for hydroxylation is 1. The molecule has 0 radical (unpaired) electrons. The molecule has 0 bridgehead atoms. The van der Waals surface area contributed by atoms with Gasteiger partial charge in [-0.25, -0.2) is 0 Å². The van der Waals surface area contributed by atoms with E-state index in [1.807, 2.05) is 26.8 Å². The van der Waals surface area contributed by atoms with Crippen molar-refractivity contribution >= 4 is 6.29 Å². The lowest BCUT2D eigenvalue weighted by atomic mass is 9.59. The van der Waals surface area contributed by atoms with Gasteiger partial charge in [0.25, 0.3) is 0 Å². The minimum Gasteiger partial charge on any atom is -0.344 e. The van der Waals surface area contributed by atoms with E-state index in [-0.39, 0.29) is 23.0 Å². The van der Waals surface area contributed by atoms with Gasteiger partial charge in [0.1, 0.15) is 6.29 Å². The Kier molecular flexibility index (Phi) is 3.16. The SMILES string of the molecule is Cc1cc2c(cc1C=O)C(C)(C)[C@H]1OC(C)(C)O[C@@H]1C2(C)C. The van der Waals surface area contributed by atoms with Crippen LogP contribution < -0.4 is 0 Å². The minimum absolute atomic E-state index is 0.00600. The van der Waals surface area contributed by atoms with Gasteiger partial charge in [-0.15, -0.1) is 0 Å². The lowest BCUT2D eigenvalue weighted by molar-refractivity contribution is -0.153. The van der Waals surface area contributed by atoms with Crippen molar-refractivity contribution in [2.24, 2.45) is 0 Å². The number of carbonyl (C=O) groups excluding carboxylic acids is 1. The Morgan fingerprint density at radius 3 is 1.82 bits per heavy atom. The van der Waals surface area contributed by atoms with Gasteiger partial charge in [-0.2, -0.15) is 0 Å². The average Bonchev–Trinajstić information content (AvgIpc) is 2.74. The van der Waals surface area contributed by atoms with Crippen molar-refractivity contribution in [3.63, 3.8) is 0 Å². The minimum atomic E-state index is -0.575. The molecule has 1 saturated heterocycles. The molecular weight excluding hydrogens is 276 g/mol. The summed E-state index contributed by atoms with van der Waals surface area (Å²) in [7, 11) is 0. The van der Waals surface area contributed by atoms with Gasteiger partial charge >= 0.3 is 0 Å². The molecule has 1 aliphatic carbocycles. The van der Waals surface area contributed by atoms with Crippen LogP contribution in [0.15, 0.2) is 12.1 Å². The summed E-state index contributed by atoms with van der Waals surface area (Å²) < 4.78 is 12.5. The second-order valence-electron chi connectivity index (χ2n) is 8.29. The third-order valence-electron chi connectivity index (χ3n) is 5.44. The number of aldehydes is 1. The molecule has 1 fully saturated rings. The van der Waals surface area contributed by atoms with Crippen LogP contribution in [0.3, 0.4) is 0 Å². The number of ether oxygens (including phenoxy) is 2. The highest BCUT2D eigenvalue weighted by molar-refractivity contribution is 5.78. The van der Waals surface area contributed by atoms with Crippen molar-refractivity contribution in [2.75, 3.05) is 0 Å². The lowest BCUT2D eigenvalue weighted by Crippen LogP contribution is -2.54. The highest BCUT2D eigenvalue weighted by Crippen LogP contribution is 2.53. The molecule has 1 aliphatic heterocycles. The maximum absolute atomic E-state index is 11.4. The highest BCUT2D eigenvalue weighted by Gasteiger charge is 2.59. The summed E-state index contributed by atoms with van der Waals surface area (Å²) in [6, 6.07) is 4.20. The zero-order valence-electron chi connectivity index (χ0n) is 14.6. The van der Waals surface area contributed by atoms with Crippen molar-refractivity contribution in [3.8, 4) is 0 Å². The number of hydrogen-bond donors (Lipinski definition) is 0. The molecule has 22 heavy (non-hydrogen) atoms. The summed E-state index contributed by atoms with van der Waals surface area (Å²) in [5, 5.41) is 0. The molecule has 0 amide bonds. The van der Waals surface area contributed by atoms with Gasteiger partial charge in [-0.1, -0.05) is 33.8 Å². The van der Waals surface area contributed by atoms with E-state index in [2.05, 4.69) is 33.8 Å². The van der Waals surface area contributed by atoms with E-state index in [9.17, 15) is 4.79 Å². The van der Waals surface area contributed by atoms with Crippen LogP contribution in [0.2, 0.25) is 0 Å². The van der Waals surface area contributed by atoms with E-state index in [1.54, 1.807) is 0 Å². The second kappa shape index (κ2) is 4.42. The zero-order valence-corrected chi connectivity index (χ0v) is 14.6. The number of fused-ring (bicyclic) bond motifs is 2. The van der Waals surface area contributed by atoms with E-state index in [0.29, 0.717) is 0 Å². The van der Waals surface area contributed by atoms with Crippen LogP contribution in [-0.4, -0.2) is 24.3 Å². The first-order chi connectivity index (χ1) is 10.0. The number of carbonyl (C=O) groups is 1. The smallest absolute Gasteiger partial charge is 0.163 e. The molecule has 1 aromatic rings. The first-order valence-electron chi connectivity index (χ1n) is 7.97. The Morgan fingerprint density at radius 2 is 1.36 bits per heavy atom. The predicted octanol–water partition coefficient (Wildman–Crippen LogP) is 3.90. The van der Waals surface area contributed by atoms with Crippen LogP contribution in [0.25, 0.3) is 0 Å². The molecule has 0 aromatic heterocycles. The summed E-state index contributed by atoms with van der Waals surface area (Å²) >= 11 is 0. The van der Waals surface area contributed by atoms with Crippen LogP contribution in [0.1, 0.15) is 68.6 Å². The normalized spacial score (nSPS) is 30.5. The molecule has 0 spiro atoms. The van der Waals surface area contributed by atoms with Crippen molar-refractivity contribution in [1.29, 1.82) is 0 Å². The van der Waals surface area contributed by atoms with Crippen molar-refractivity contribution in [2.45, 2.75) is 77.3 Å². The number of benzene rings is 1. The molecule has 0 saturated carbocycles. The van der Waals surface area contributed by atoms with Gasteiger partial charge < -0.3 is 9.47 Å². The Labute approximate surface area is 133 Å². The zero-order chi connectivity index (χ0) is 16.5. The van der Waals surface area contributed by atoms with Crippen LogP contribution in [0.5, 0.6) is 0 Å². The number of rotatable bonds is 1. The van der Waals surface area contributed by atoms with Crippen LogP contribution in [-0.2, 0) is 20.3 Å². The fraction of sp³-hybridized carbons (Fsp3) is 0.632. The molecule has 2 aliphatic rings. The molecule has 1 aromatic carbocycles. The Hall–Kier alpha value is -1.19. The van der Waals surface area contributed by atoms with Gasteiger partial charge in [0.2, 0.25) is 0 Å². The molecule has 120 valence electrons. The topological polar surface area (TPSA) is 35.5 Å². The van der Waals surface area contributed by atoms with Crippen molar-refractivity contribution < 1.29 is 14.3 Å². The summed E-state index contributed by atoms with van der Waals surface area (Å²) in [5.41, 5.74) is 3.90. The molecule has 3 heteroatoms. The van der Waals surface area contributed by atoms with Crippen molar-refractivity contribution in [3.05, 3.63) is 34.4 Å². The Bertz CT molecular complexity index is 640. The molecule has 1 heterocycles. The van der Waals surface area contributed by atoms with Crippen LogP contribution in [0, 0.1) is 6.92 Å². The van der Waals surface area contributed by atoms with E-state index in [4.69, 9.17) is 9.47 Å². The summed E-state index contributed by atoms with van der Waals surface area (Å²) in [5.74, 6) is -0.575. The third-order valence-corrected chi connectivity index (χ3v) is 5.44. The monoisotopic (exact) mass is 302 g/mol. The Balaban J connectivity index is 2.26. The van der Waals surface area contributed by atoms with Crippen LogP contribution >= 0.6 is 0 Å². The fourth-order valence-electron chi connectivity index (χ4n) is 4.04. The summed E-state index contributed by atoms with van der Waals surface area (Å²) in [6.07, 6.45) is 0.930. The van der Waals surface area contributed by atoms with Crippen LogP contribution in [0.4, 0.5) is 0 Å². The summed E-state index contributed by atoms with van der Waals surface area (Å²) in [6.45, 7) is 14.7. The second-order valence-corrected chi connectivity index (χ2v) is 8.29. The van der Waals surface area contributed by atoms with Gasteiger partial charge in [0.05, 0.1) is 12.2 Å². The fourth-order valence-corrected chi connectivity index (χ4v) is 4.04. The molecule has 0 unspecified atom stereocenters. The molecular formula is C19H26O3. The Morgan fingerprint density at radius 1 is 0.909 bits per heavy atom. The first kappa shape index (κ1) is 15.7. The molecule has 0 N–H and O–H groups in total. The third kappa shape index (κ3) is 1.99. The average molecular weight is 302 g/mol. The number of hydrogen-bond acceptors (Lipinski definition) is 3. The van der Waals surface area contributed by atoms with Crippen molar-refractivity contribution in [1.82, 2.24) is 0 Å². The maximum atomic E-state index is 11.4. The van der Waals surface area contributed by atoms with E-state index in [0.717, 1.165) is 17.4 Å². The summed E-state index contributed by atoms with van der Waals surface area (Å²) in [4.78, 5) is 11.4. The van der Waals surface area contributed by atoms with E-state index < -0.39 is 5.79 Å². The maximum Gasteiger partial charge on any atom is 0.163 e. The van der Waals surface area contributed by atoms with E-state index in [1.165, 1.54) is 11.1 Å². The van der Waals surface area contributed by atoms with Gasteiger partial charge in [-0.05, 0) is 43.5 Å². The first-order valence-corrected chi connectivity index (χ1v) is 7.97. The standard InChI is InChI=1S/C19H26O3/c1-11-8-13-14(9-12(11)10-20)18(4,5)16-15(17(13,2)3)21-19(6,7)22-16/h8-10,15-16H,1-7H3/t15-,16-/m0/s1. The largest absolute Gasteiger partial charge is 0.344 e. The quantitative estimate of drug-likeness (QED) is 0.738. The van der Waals surface area contributed by atoms with Gasteiger partial charge in [0.15, 0.2) is 5.79 Å².